The van der Waals surface area contributed by atoms with Crippen molar-refractivity contribution < 1.29 is 0 Å². The van der Waals surface area contributed by atoms with Crippen LogP contribution in [-0.4, -0.2) is 31.7 Å². The molecule has 0 saturated carbocycles. The second-order valence-electron chi connectivity index (χ2n) is 6.11. The molecule has 2 aromatic rings. The number of hydrogen-bond donors (Lipinski definition) is 0. The highest BCUT2D eigenvalue weighted by Gasteiger charge is 2.16. The molecule has 1 saturated heterocycles. The maximum atomic E-state index is 4.66. The number of benzene rings is 1. The predicted octanol–water partition coefficient (Wildman–Crippen LogP) is 3.34. The number of aromatic nitrogens is 1. The van der Waals surface area contributed by atoms with E-state index < -0.39 is 0 Å². The highest BCUT2D eigenvalue weighted by Crippen LogP contribution is 2.31. The van der Waals surface area contributed by atoms with Crippen molar-refractivity contribution in [3.63, 3.8) is 0 Å². The van der Waals surface area contributed by atoms with E-state index in [1.54, 1.807) is 0 Å². The molecule has 2 aliphatic heterocycles. The molecule has 2 aliphatic rings. The van der Waals surface area contributed by atoms with Gasteiger partial charge in [-0.15, -0.1) is 0 Å². The monoisotopic (exact) mass is 279 g/mol. The van der Waals surface area contributed by atoms with Gasteiger partial charge in [0, 0.05) is 44.1 Å². The van der Waals surface area contributed by atoms with Crippen LogP contribution in [0.3, 0.4) is 0 Å². The van der Waals surface area contributed by atoms with Gasteiger partial charge >= 0.3 is 0 Å². The van der Waals surface area contributed by atoms with E-state index in [2.05, 4.69) is 52.2 Å². The van der Waals surface area contributed by atoms with Crippen LogP contribution in [0.15, 0.2) is 36.5 Å². The summed E-state index contributed by atoms with van der Waals surface area (Å²) in [5.41, 5.74) is 5.33. The number of likely N-dealkylation sites (N-methyl/N-ethyl adjacent to an activating group) is 1. The number of anilines is 2. The summed E-state index contributed by atoms with van der Waals surface area (Å²) >= 11 is 0. The van der Waals surface area contributed by atoms with Gasteiger partial charge < -0.3 is 9.80 Å². The zero-order valence-electron chi connectivity index (χ0n) is 12.5. The quantitative estimate of drug-likeness (QED) is 0.840. The molecule has 0 bridgehead atoms. The summed E-state index contributed by atoms with van der Waals surface area (Å²) in [5, 5.41) is 0. The molecule has 1 aromatic carbocycles. The normalized spacial score (nSPS) is 17.4. The second kappa shape index (κ2) is 5.06. The van der Waals surface area contributed by atoms with E-state index >= 15 is 0 Å². The predicted molar refractivity (Wildman–Crippen MR) is 88.1 cm³/mol. The summed E-state index contributed by atoms with van der Waals surface area (Å²) in [6.07, 6.45) is 5.76. The lowest BCUT2D eigenvalue weighted by Crippen LogP contribution is -2.18. The van der Waals surface area contributed by atoms with Gasteiger partial charge in [0.25, 0.3) is 0 Å². The third-order valence-electron chi connectivity index (χ3n) is 4.72. The fourth-order valence-corrected chi connectivity index (χ4v) is 3.44. The van der Waals surface area contributed by atoms with E-state index in [4.69, 9.17) is 0 Å². The lowest BCUT2D eigenvalue weighted by atomic mass is 10.0. The molecule has 0 aliphatic carbocycles. The average molecular weight is 279 g/mol. The highest BCUT2D eigenvalue weighted by molar-refractivity contribution is 5.70. The van der Waals surface area contributed by atoms with Gasteiger partial charge in [0.2, 0.25) is 0 Å². The summed E-state index contributed by atoms with van der Waals surface area (Å²) in [4.78, 5) is 9.36. The maximum Gasteiger partial charge on any atom is 0.128 e. The molecule has 1 aromatic heterocycles. The molecule has 108 valence electrons. The number of pyridine rings is 1. The Morgan fingerprint density at radius 3 is 2.52 bits per heavy atom. The minimum Gasteiger partial charge on any atom is -0.374 e. The fraction of sp³-hybridized carbons (Fsp3) is 0.389. The summed E-state index contributed by atoms with van der Waals surface area (Å²) < 4.78 is 0. The van der Waals surface area contributed by atoms with Crippen molar-refractivity contribution in [3.8, 4) is 11.1 Å². The van der Waals surface area contributed by atoms with Crippen LogP contribution in [-0.2, 0) is 6.42 Å². The number of nitrogens with zero attached hydrogens (tertiary/aromatic N) is 3. The zero-order chi connectivity index (χ0) is 14.2. The Bertz CT molecular complexity index is 642. The first kappa shape index (κ1) is 12.7. The summed E-state index contributed by atoms with van der Waals surface area (Å²) in [6, 6.07) is 11.2. The minimum absolute atomic E-state index is 1.12. The molecule has 3 heteroatoms. The van der Waals surface area contributed by atoms with Gasteiger partial charge in [-0.05, 0) is 54.7 Å². The van der Waals surface area contributed by atoms with Gasteiger partial charge in [-0.25, -0.2) is 4.98 Å². The van der Waals surface area contributed by atoms with E-state index in [0.29, 0.717) is 0 Å². The van der Waals surface area contributed by atoms with E-state index in [9.17, 15) is 0 Å². The topological polar surface area (TPSA) is 19.4 Å². The van der Waals surface area contributed by atoms with Crippen LogP contribution >= 0.6 is 0 Å². The summed E-state index contributed by atoms with van der Waals surface area (Å²) in [5.74, 6) is 1.12. The lowest BCUT2D eigenvalue weighted by molar-refractivity contribution is 0.938. The third-order valence-corrected chi connectivity index (χ3v) is 4.72. The highest BCUT2D eigenvalue weighted by atomic mass is 15.2. The van der Waals surface area contributed by atoms with Gasteiger partial charge in [0.05, 0.1) is 0 Å². The van der Waals surface area contributed by atoms with Gasteiger partial charge in [0.15, 0.2) is 0 Å². The number of fused-ring (bicyclic) bond motifs is 1. The first-order valence-corrected chi connectivity index (χ1v) is 7.87. The third kappa shape index (κ3) is 2.27. The van der Waals surface area contributed by atoms with E-state index in [0.717, 1.165) is 31.9 Å². The molecule has 3 nitrogen and oxygen atoms in total. The molecule has 0 atom stereocenters. The molecule has 0 spiro atoms. The van der Waals surface area contributed by atoms with Crippen molar-refractivity contribution in [3.05, 3.63) is 42.1 Å². The zero-order valence-corrected chi connectivity index (χ0v) is 12.5. The standard InChI is InChI=1S/C18H21N3/c1-20-11-8-15-12-14(4-6-17(15)20)16-5-7-18(19-13-16)21-9-2-3-10-21/h4-7,12-13H,2-3,8-11H2,1H3. The molecule has 0 unspecified atom stereocenters. The fourth-order valence-electron chi connectivity index (χ4n) is 3.44. The Balaban J connectivity index is 1.61. The molecule has 0 radical (unpaired) electrons. The average Bonchev–Trinajstić information content (AvgIpc) is 3.18. The first-order valence-electron chi connectivity index (χ1n) is 7.87. The molecular weight excluding hydrogens is 258 g/mol. The van der Waals surface area contributed by atoms with Crippen LogP contribution < -0.4 is 9.80 Å². The van der Waals surface area contributed by atoms with Gasteiger partial charge in [-0.1, -0.05) is 6.07 Å². The van der Waals surface area contributed by atoms with Crippen molar-refractivity contribution in [2.45, 2.75) is 19.3 Å². The van der Waals surface area contributed by atoms with E-state index in [1.807, 2.05) is 6.20 Å². The van der Waals surface area contributed by atoms with Crippen molar-refractivity contribution in [1.29, 1.82) is 0 Å². The van der Waals surface area contributed by atoms with Crippen LogP contribution in [0.25, 0.3) is 11.1 Å². The van der Waals surface area contributed by atoms with Gasteiger partial charge in [-0.2, -0.15) is 0 Å². The van der Waals surface area contributed by atoms with Crippen molar-refractivity contribution in [1.82, 2.24) is 4.98 Å². The molecule has 21 heavy (non-hydrogen) atoms. The van der Waals surface area contributed by atoms with Gasteiger partial charge in [-0.3, -0.25) is 0 Å². The Morgan fingerprint density at radius 2 is 1.76 bits per heavy atom. The van der Waals surface area contributed by atoms with Crippen LogP contribution in [0.5, 0.6) is 0 Å². The van der Waals surface area contributed by atoms with Crippen LogP contribution in [0.1, 0.15) is 18.4 Å². The van der Waals surface area contributed by atoms with E-state index in [1.165, 1.54) is 35.2 Å². The summed E-state index contributed by atoms with van der Waals surface area (Å²) in [7, 11) is 2.16. The Labute approximate surface area is 126 Å². The Kier molecular flexibility index (Phi) is 3.06. The van der Waals surface area contributed by atoms with Crippen molar-refractivity contribution >= 4 is 11.5 Å². The molecule has 1 fully saturated rings. The number of rotatable bonds is 2. The Hall–Kier alpha value is -2.03. The smallest absolute Gasteiger partial charge is 0.128 e. The number of hydrogen-bond acceptors (Lipinski definition) is 3. The van der Waals surface area contributed by atoms with Crippen LogP contribution in [0.2, 0.25) is 0 Å². The first-order chi connectivity index (χ1) is 10.3. The van der Waals surface area contributed by atoms with Crippen LogP contribution in [0, 0.1) is 0 Å². The van der Waals surface area contributed by atoms with Crippen molar-refractivity contribution in [2.75, 3.05) is 36.5 Å². The molecular formula is C18H21N3. The Morgan fingerprint density at radius 1 is 0.952 bits per heavy atom. The molecule has 3 heterocycles. The van der Waals surface area contributed by atoms with Crippen LogP contribution in [0.4, 0.5) is 11.5 Å². The molecule has 0 N–H and O–H groups in total. The second-order valence-corrected chi connectivity index (χ2v) is 6.11. The summed E-state index contributed by atoms with van der Waals surface area (Å²) in [6.45, 7) is 3.43. The maximum absolute atomic E-state index is 4.66. The van der Waals surface area contributed by atoms with Gasteiger partial charge in [0.1, 0.15) is 5.82 Å². The lowest BCUT2D eigenvalue weighted by Gasteiger charge is -2.16. The largest absolute Gasteiger partial charge is 0.374 e. The van der Waals surface area contributed by atoms with Crippen molar-refractivity contribution in [2.24, 2.45) is 0 Å². The van der Waals surface area contributed by atoms with E-state index in [-0.39, 0.29) is 0 Å². The molecule has 4 rings (SSSR count). The molecule has 0 amide bonds. The minimum atomic E-state index is 1.12. The SMILES string of the molecule is CN1CCc2cc(-c3ccc(N4CCCC4)nc3)ccc21.